The molecule has 5 nitrogen and oxygen atoms in total. The van der Waals surface area contributed by atoms with E-state index in [1.165, 1.54) is 31.3 Å². The Morgan fingerprint density at radius 3 is 2.42 bits per heavy atom. The van der Waals surface area contributed by atoms with Crippen molar-refractivity contribution >= 4 is 23.1 Å². The molecule has 1 N–H and O–H groups in total. The van der Waals surface area contributed by atoms with Gasteiger partial charge in [0.1, 0.15) is 29.3 Å². The van der Waals surface area contributed by atoms with Gasteiger partial charge in [0.2, 0.25) is 0 Å². The molecule has 8 heteroatoms. The number of halogens is 3. The molecule has 3 aromatic rings. The first kappa shape index (κ1) is 20.3. The van der Waals surface area contributed by atoms with Crippen molar-refractivity contribution in [2.45, 2.75) is 13.0 Å². The van der Waals surface area contributed by atoms with Crippen molar-refractivity contribution < 1.29 is 27.9 Å². The summed E-state index contributed by atoms with van der Waals surface area (Å²) < 4.78 is 41.6. The highest BCUT2D eigenvalue weighted by molar-refractivity contribution is 6.51. The summed E-state index contributed by atoms with van der Waals surface area (Å²) in [6.45, 7) is 1.48. The highest BCUT2D eigenvalue weighted by atomic mass is 19.1. The summed E-state index contributed by atoms with van der Waals surface area (Å²) in [4.78, 5) is 30.8. The number of aliphatic hydroxyl groups is 1. The highest BCUT2D eigenvalue weighted by Gasteiger charge is 2.48. The maximum Gasteiger partial charge on any atom is 0.300 e. The van der Waals surface area contributed by atoms with Crippen LogP contribution in [0.15, 0.2) is 66.4 Å². The maximum atomic E-state index is 14.6. The molecule has 2 aromatic carbocycles. The molecule has 1 saturated heterocycles. The minimum Gasteiger partial charge on any atom is -0.507 e. The molecule has 1 fully saturated rings. The van der Waals surface area contributed by atoms with Gasteiger partial charge in [-0.1, -0.05) is 6.07 Å². The van der Waals surface area contributed by atoms with Gasteiger partial charge >= 0.3 is 0 Å². The average molecular weight is 424 g/mol. The Hall–Kier alpha value is -3.94. The summed E-state index contributed by atoms with van der Waals surface area (Å²) in [5, 5.41) is 10.9. The summed E-state index contributed by atoms with van der Waals surface area (Å²) in [7, 11) is 0. The molecule has 0 radical (unpaired) electrons. The minimum absolute atomic E-state index is 0.109. The Morgan fingerprint density at radius 2 is 1.77 bits per heavy atom. The second-order valence-corrected chi connectivity index (χ2v) is 6.98. The Morgan fingerprint density at radius 1 is 1.00 bits per heavy atom. The van der Waals surface area contributed by atoms with E-state index in [0.29, 0.717) is 6.07 Å². The van der Waals surface area contributed by atoms with Crippen molar-refractivity contribution in [3.8, 4) is 0 Å². The van der Waals surface area contributed by atoms with E-state index >= 15 is 0 Å². The molecule has 1 aliphatic heterocycles. The van der Waals surface area contributed by atoms with Crippen molar-refractivity contribution in [1.82, 2.24) is 4.98 Å². The molecule has 0 aliphatic carbocycles. The lowest BCUT2D eigenvalue weighted by Gasteiger charge is -2.25. The van der Waals surface area contributed by atoms with Crippen molar-refractivity contribution in [1.29, 1.82) is 0 Å². The summed E-state index contributed by atoms with van der Waals surface area (Å²) in [6.07, 6.45) is 1.42. The molecule has 1 aromatic heterocycles. The first-order chi connectivity index (χ1) is 14.8. The van der Waals surface area contributed by atoms with Gasteiger partial charge in [-0.05, 0) is 55.0 Å². The normalized spacial score (nSPS) is 17.9. The molecular weight excluding hydrogens is 409 g/mol. The molecule has 0 bridgehead atoms. The number of amides is 1. The van der Waals surface area contributed by atoms with Crippen LogP contribution in [0.5, 0.6) is 0 Å². The zero-order valence-corrected chi connectivity index (χ0v) is 16.1. The van der Waals surface area contributed by atoms with E-state index in [0.717, 1.165) is 23.1 Å². The van der Waals surface area contributed by atoms with Gasteiger partial charge < -0.3 is 5.11 Å². The quantitative estimate of drug-likeness (QED) is 0.384. The fraction of sp³-hybridized carbons (Fsp3) is 0.0870. The second-order valence-electron chi connectivity index (χ2n) is 6.98. The topological polar surface area (TPSA) is 70.5 Å². The van der Waals surface area contributed by atoms with Crippen molar-refractivity contribution in [2.75, 3.05) is 4.90 Å². The van der Waals surface area contributed by atoms with Crippen LogP contribution in [0.3, 0.4) is 0 Å². The average Bonchev–Trinajstić information content (AvgIpc) is 3.01. The third-order valence-corrected chi connectivity index (χ3v) is 5.01. The van der Waals surface area contributed by atoms with Gasteiger partial charge in [0.25, 0.3) is 11.7 Å². The Labute approximate surface area is 175 Å². The predicted octanol–water partition coefficient (Wildman–Crippen LogP) is 4.43. The van der Waals surface area contributed by atoms with Crippen LogP contribution in [0.2, 0.25) is 0 Å². The fourth-order valence-electron chi connectivity index (χ4n) is 3.52. The summed E-state index contributed by atoms with van der Waals surface area (Å²) in [5.41, 5.74) is -0.160. The van der Waals surface area contributed by atoms with Crippen molar-refractivity contribution in [3.05, 3.63) is 101 Å². The van der Waals surface area contributed by atoms with E-state index < -0.39 is 40.9 Å². The highest BCUT2D eigenvalue weighted by Crippen LogP contribution is 2.42. The Kier molecular flexibility index (Phi) is 5.06. The molecule has 1 amide bonds. The molecule has 31 heavy (non-hydrogen) atoms. The lowest BCUT2D eigenvalue weighted by molar-refractivity contribution is -0.132. The number of ketones is 1. The number of anilines is 1. The molecule has 156 valence electrons. The number of carbonyl (C=O) groups excluding carboxylic acids is 2. The van der Waals surface area contributed by atoms with Crippen LogP contribution in [0.1, 0.15) is 22.9 Å². The van der Waals surface area contributed by atoms with Gasteiger partial charge in [-0.15, -0.1) is 0 Å². The van der Waals surface area contributed by atoms with Gasteiger partial charge in [0.15, 0.2) is 0 Å². The van der Waals surface area contributed by atoms with Gasteiger partial charge in [0.05, 0.1) is 17.0 Å². The van der Waals surface area contributed by atoms with Crippen LogP contribution in [0.25, 0.3) is 5.76 Å². The van der Waals surface area contributed by atoms with E-state index in [-0.39, 0.29) is 28.1 Å². The first-order valence-corrected chi connectivity index (χ1v) is 9.23. The molecule has 0 saturated carbocycles. The molecule has 2 heterocycles. The zero-order valence-electron chi connectivity index (χ0n) is 16.1. The number of Topliss-reactive ketones (excluding diaryl/α,β-unsaturated/α-hetero) is 1. The number of aromatic nitrogens is 1. The number of nitrogens with zero attached hydrogens (tertiary/aromatic N) is 2. The van der Waals surface area contributed by atoms with Crippen molar-refractivity contribution in [3.63, 3.8) is 0 Å². The second kappa shape index (κ2) is 7.71. The number of rotatable bonds is 3. The van der Waals surface area contributed by atoms with Crippen molar-refractivity contribution in [2.24, 2.45) is 0 Å². The van der Waals surface area contributed by atoms with Gasteiger partial charge in [0, 0.05) is 17.8 Å². The lowest BCUT2D eigenvalue weighted by Crippen LogP contribution is -2.30. The number of pyridine rings is 1. The van der Waals surface area contributed by atoms with Crippen LogP contribution in [-0.2, 0) is 9.59 Å². The Balaban J connectivity index is 1.97. The van der Waals surface area contributed by atoms with Crippen LogP contribution < -0.4 is 4.90 Å². The molecule has 1 aliphatic rings. The van der Waals surface area contributed by atoms with E-state index in [1.54, 1.807) is 12.1 Å². The third-order valence-electron chi connectivity index (χ3n) is 5.01. The molecule has 0 spiro atoms. The largest absolute Gasteiger partial charge is 0.507 e. The number of carbonyl (C=O) groups is 2. The molecular formula is C23H15F3N2O3. The number of benzene rings is 2. The van der Waals surface area contributed by atoms with Crippen LogP contribution >= 0.6 is 0 Å². The standard InChI is InChI=1S/C23H15F3N2O3/c1-12-10-13(5-7-15(12)25)21(29)19-20(17-4-2-3-9-27-17)28(23(31)22(19)30)18-8-6-14(24)11-16(18)26/h2-11,20,29H,1H3/b21-19+. The summed E-state index contributed by atoms with van der Waals surface area (Å²) in [6, 6.07) is 9.74. The SMILES string of the molecule is Cc1cc(/C(O)=C2\C(=O)C(=O)N(c3ccc(F)cc3F)C2c2ccccn2)ccc1F. The maximum absolute atomic E-state index is 14.6. The molecule has 1 unspecified atom stereocenters. The number of hydrogen-bond acceptors (Lipinski definition) is 4. The first-order valence-electron chi connectivity index (χ1n) is 9.23. The van der Waals surface area contributed by atoms with Gasteiger partial charge in [-0.25, -0.2) is 13.2 Å². The van der Waals surface area contributed by atoms with Crippen LogP contribution in [-0.4, -0.2) is 21.8 Å². The van der Waals surface area contributed by atoms with Crippen LogP contribution in [0, 0.1) is 24.4 Å². The molecule has 4 rings (SSSR count). The zero-order chi connectivity index (χ0) is 22.3. The number of aryl methyl sites for hydroxylation is 1. The van der Waals surface area contributed by atoms with Crippen LogP contribution in [0.4, 0.5) is 18.9 Å². The Bertz CT molecular complexity index is 1240. The molecule has 1 atom stereocenters. The number of aliphatic hydroxyl groups excluding tert-OH is 1. The van der Waals surface area contributed by atoms with E-state index in [1.807, 2.05) is 0 Å². The predicted molar refractivity (Wildman–Crippen MR) is 107 cm³/mol. The van der Waals surface area contributed by atoms with Gasteiger partial charge in [-0.3, -0.25) is 19.5 Å². The smallest absolute Gasteiger partial charge is 0.300 e. The van der Waals surface area contributed by atoms with E-state index in [9.17, 15) is 27.9 Å². The third kappa shape index (κ3) is 3.46. The number of hydrogen-bond donors (Lipinski definition) is 1. The lowest BCUT2D eigenvalue weighted by atomic mass is 9.97. The fourth-order valence-corrected chi connectivity index (χ4v) is 3.52. The van der Waals surface area contributed by atoms with Gasteiger partial charge in [-0.2, -0.15) is 0 Å². The van der Waals surface area contributed by atoms with E-state index in [2.05, 4.69) is 4.98 Å². The van der Waals surface area contributed by atoms with E-state index in [4.69, 9.17) is 0 Å². The summed E-state index contributed by atoms with van der Waals surface area (Å²) >= 11 is 0. The summed E-state index contributed by atoms with van der Waals surface area (Å²) in [5.74, 6) is -5.15. The minimum atomic E-state index is -1.27. The monoisotopic (exact) mass is 424 g/mol.